The van der Waals surface area contributed by atoms with Gasteiger partial charge in [0, 0.05) is 12.6 Å². The standard InChI is InChI=1S/C16H30N2O2/c1-2-20-16(19)17-15-9-6-11-18(13-15)12-10-14-7-4-3-5-8-14/h14-15H,2-13H2,1H3,(H,17,19). The zero-order chi connectivity index (χ0) is 14.2. The van der Waals surface area contributed by atoms with Crippen molar-refractivity contribution in [3.05, 3.63) is 0 Å². The van der Waals surface area contributed by atoms with Crippen molar-refractivity contribution in [2.45, 2.75) is 64.3 Å². The van der Waals surface area contributed by atoms with Crippen molar-refractivity contribution < 1.29 is 9.53 Å². The Bertz CT molecular complexity index is 290. The van der Waals surface area contributed by atoms with Crippen LogP contribution in [0.4, 0.5) is 4.79 Å². The monoisotopic (exact) mass is 282 g/mol. The Morgan fingerprint density at radius 3 is 2.75 bits per heavy atom. The van der Waals surface area contributed by atoms with Crippen LogP contribution in [-0.2, 0) is 4.74 Å². The molecule has 1 heterocycles. The molecule has 116 valence electrons. The zero-order valence-corrected chi connectivity index (χ0v) is 12.9. The summed E-state index contributed by atoms with van der Waals surface area (Å²) >= 11 is 0. The van der Waals surface area contributed by atoms with Gasteiger partial charge < -0.3 is 15.0 Å². The number of alkyl carbamates (subject to hydrolysis) is 1. The predicted octanol–water partition coefficient (Wildman–Crippen LogP) is 3.17. The largest absolute Gasteiger partial charge is 0.450 e. The molecule has 1 N–H and O–H groups in total. The molecular weight excluding hydrogens is 252 g/mol. The highest BCUT2D eigenvalue weighted by atomic mass is 16.5. The van der Waals surface area contributed by atoms with Gasteiger partial charge in [0.1, 0.15) is 0 Å². The lowest BCUT2D eigenvalue weighted by atomic mass is 9.87. The summed E-state index contributed by atoms with van der Waals surface area (Å²) in [5, 5.41) is 2.98. The van der Waals surface area contributed by atoms with Crippen molar-refractivity contribution in [3.8, 4) is 0 Å². The van der Waals surface area contributed by atoms with Crippen molar-refractivity contribution in [1.82, 2.24) is 10.2 Å². The predicted molar refractivity (Wildman–Crippen MR) is 80.8 cm³/mol. The fourth-order valence-corrected chi connectivity index (χ4v) is 3.56. The van der Waals surface area contributed by atoms with Gasteiger partial charge in [0.05, 0.1) is 6.61 Å². The molecule has 4 nitrogen and oxygen atoms in total. The van der Waals surface area contributed by atoms with E-state index < -0.39 is 0 Å². The van der Waals surface area contributed by atoms with Crippen molar-refractivity contribution in [3.63, 3.8) is 0 Å². The van der Waals surface area contributed by atoms with E-state index in [2.05, 4.69) is 10.2 Å². The van der Waals surface area contributed by atoms with Gasteiger partial charge in [0.15, 0.2) is 0 Å². The van der Waals surface area contributed by atoms with Crippen LogP contribution in [0, 0.1) is 5.92 Å². The van der Waals surface area contributed by atoms with Gasteiger partial charge in [-0.15, -0.1) is 0 Å². The number of ether oxygens (including phenoxy) is 1. The highest BCUT2D eigenvalue weighted by Crippen LogP contribution is 2.26. The average Bonchev–Trinajstić information content (AvgIpc) is 2.47. The summed E-state index contributed by atoms with van der Waals surface area (Å²) in [4.78, 5) is 14.0. The molecule has 4 heteroatoms. The molecule has 2 rings (SSSR count). The third kappa shape index (κ3) is 5.31. The molecule has 0 aromatic heterocycles. The Kier molecular flexibility index (Phi) is 6.64. The smallest absolute Gasteiger partial charge is 0.407 e. The fraction of sp³-hybridized carbons (Fsp3) is 0.938. The highest BCUT2D eigenvalue weighted by molar-refractivity contribution is 5.67. The minimum Gasteiger partial charge on any atom is -0.450 e. The lowest BCUT2D eigenvalue weighted by Crippen LogP contribution is -2.48. The second-order valence-electron chi connectivity index (χ2n) is 6.30. The van der Waals surface area contributed by atoms with E-state index in [0.717, 1.165) is 18.9 Å². The second-order valence-corrected chi connectivity index (χ2v) is 6.30. The van der Waals surface area contributed by atoms with Crippen LogP contribution in [-0.4, -0.2) is 43.3 Å². The quantitative estimate of drug-likeness (QED) is 0.842. The molecule has 1 aliphatic carbocycles. The summed E-state index contributed by atoms with van der Waals surface area (Å²) in [6.45, 7) is 5.67. The number of nitrogens with one attached hydrogen (secondary N) is 1. The molecule has 0 aromatic carbocycles. The minimum atomic E-state index is -0.258. The maximum Gasteiger partial charge on any atom is 0.407 e. The van der Waals surface area contributed by atoms with Crippen molar-refractivity contribution in [2.24, 2.45) is 5.92 Å². The number of carbonyl (C=O) groups is 1. The van der Waals surface area contributed by atoms with Crippen LogP contribution in [0.25, 0.3) is 0 Å². The molecule has 1 aliphatic heterocycles. The summed E-state index contributed by atoms with van der Waals surface area (Å²) in [6.07, 6.45) is 10.5. The third-order valence-corrected chi connectivity index (χ3v) is 4.68. The number of nitrogens with zero attached hydrogens (tertiary/aromatic N) is 1. The molecule has 1 saturated heterocycles. The zero-order valence-electron chi connectivity index (χ0n) is 12.9. The Labute approximate surface area is 123 Å². The van der Waals surface area contributed by atoms with Gasteiger partial charge in [-0.3, -0.25) is 0 Å². The van der Waals surface area contributed by atoms with Crippen LogP contribution < -0.4 is 5.32 Å². The maximum absolute atomic E-state index is 11.5. The van der Waals surface area contributed by atoms with E-state index in [1.54, 1.807) is 0 Å². The van der Waals surface area contributed by atoms with E-state index in [9.17, 15) is 4.79 Å². The van der Waals surface area contributed by atoms with E-state index in [4.69, 9.17) is 4.74 Å². The number of hydrogen-bond acceptors (Lipinski definition) is 3. The van der Waals surface area contributed by atoms with Crippen LogP contribution >= 0.6 is 0 Å². The topological polar surface area (TPSA) is 41.6 Å². The summed E-state index contributed by atoms with van der Waals surface area (Å²) in [6, 6.07) is 0.272. The summed E-state index contributed by atoms with van der Waals surface area (Å²) in [5.41, 5.74) is 0. The SMILES string of the molecule is CCOC(=O)NC1CCCN(CCC2CCCCC2)C1. The van der Waals surface area contributed by atoms with Gasteiger partial charge in [0.2, 0.25) is 0 Å². The Morgan fingerprint density at radius 1 is 1.20 bits per heavy atom. The van der Waals surface area contributed by atoms with Gasteiger partial charge in [-0.25, -0.2) is 4.79 Å². The molecule has 0 aromatic rings. The Balaban J connectivity index is 1.65. The van der Waals surface area contributed by atoms with E-state index in [0.29, 0.717) is 6.61 Å². The van der Waals surface area contributed by atoms with Gasteiger partial charge in [0.25, 0.3) is 0 Å². The molecular formula is C16H30N2O2. The fourth-order valence-electron chi connectivity index (χ4n) is 3.56. The molecule has 0 radical (unpaired) electrons. The summed E-state index contributed by atoms with van der Waals surface area (Å²) in [5.74, 6) is 0.946. The molecule has 1 atom stereocenters. The van der Waals surface area contributed by atoms with Crippen LogP contribution in [0.5, 0.6) is 0 Å². The first-order chi connectivity index (χ1) is 9.78. The lowest BCUT2D eigenvalue weighted by Gasteiger charge is -2.34. The van der Waals surface area contributed by atoms with Crippen molar-refractivity contribution >= 4 is 6.09 Å². The van der Waals surface area contributed by atoms with Crippen LogP contribution in [0.2, 0.25) is 0 Å². The lowest BCUT2D eigenvalue weighted by molar-refractivity contribution is 0.131. The van der Waals surface area contributed by atoms with Gasteiger partial charge >= 0.3 is 6.09 Å². The number of likely N-dealkylation sites (tertiary alicyclic amines) is 1. The molecule has 2 fully saturated rings. The number of rotatable bonds is 5. The number of hydrogen-bond donors (Lipinski definition) is 1. The summed E-state index contributed by atoms with van der Waals surface area (Å²) < 4.78 is 4.97. The average molecular weight is 282 g/mol. The van der Waals surface area contributed by atoms with Gasteiger partial charge in [-0.2, -0.15) is 0 Å². The highest BCUT2D eigenvalue weighted by Gasteiger charge is 2.22. The molecule has 0 spiro atoms. The third-order valence-electron chi connectivity index (χ3n) is 4.68. The van der Waals surface area contributed by atoms with Gasteiger partial charge in [-0.1, -0.05) is 32.1 Å². The Morgan fingerprint density at radius 2 is 2.00 bits per heavy atom. The molecule has 1 saturated carbocycles. The van der Waals surface area contributed by atoms with Crippen LogP contribution in [0.1, 0.15) is 58.3 Å². The first-order valence-electron chi connectivity index (χ1n) is 8.43. The van der Waals surface area contributed by atoms with E-state index in [1.165, 1.54) is 58.0 Å². The Hall–Kier alpha value is -0.770. The first kappa shape index (κ1) is 15.6. The maximum atomic E-state index is 11.5. The minimum absolute atomic E-state index is 0.258. The molecule has 2 aliphatic rings. The normalized spacial score (nSPS) is 25.4. The van der Waals surface area contributed by atoms with E-state index in [-0.39, 0.29) is 12.1 Å². The molecule has 1 amide bonds. The molecule has 1 unspecified atom stereocenters. The van der Waals surface area contributed by atoms with Crippen LogP contribution in [0.3, 0.4) is 0 Å². The molecule has 0 bridgehead atoms. The first-order valence-corrected chi connectivity index (χ1v) is 8.43. The second kappa shape index (κ2) is 8.50. The summed E-state index contributed by atoms with van der Waals surface area (Å²) in [7, 11) is 0. The number of carbonyl (C=O) groups excluding carboxylic acids is 1. The number of amides is 1. The number of piperidine rings is 1. The van der Waals surface area contributed by atoms with Gasteiger partial charge in [-0.05, 0) is 45.2 Å². The van der Waals surface area contributed by atoms with Crippen molar-refractivity contribution in [2.75, 3.05) is 26.2 Å². The van der Waals surface area contributed by atoms with E-state index >= 15 is 0 Å². The molecule has 20 heavy (non-hydrogen) atoms. The van der Waals surface area contributed by atoms with Crippen molar-refractivity contribution in [1.29, 1.82) is 0 Å². The van der Waals surface area contributed by atoms with E-state index in [1.807, 2.05) is 6.92 Å². The van der Waals surface area contributed by atoms with Crippen LogP contribution in [0.15, 0.2) is 0 Å².